The van der Waals surface area contributed by atoms with E-state index in [0.29, 0.717) is 0 Å². The Morgan fingerprint density at radius 1 is 0.963 bits per heavy atom. The molecule has 0 radical (unpaired) electrons. The van der Waals surface area contributed by atoms with Gasteiger partial charge in [0.25, 0.3) is 0 Å². The normalized spacial score (nSPS) is 9.89. The molecule has 0 saturated carbocycles. The Morgan fingerprint density at radius 2 is 1.56 bits per heavy atom. The Kier molecular flexibility index (Phi) is 12.1. The number of rotatable bonds is 0. The number of halogens is 2. The van der Waals surface area contributed by atoms with E-state index in [4.69, 9.17) is 0 Å². The molecule has 0 atom stereocenters. The summed E-state index contributed by atoms with van der Waals surface area (Å²) >= 11 is 1.55. The van der Waals surface area contributed by atoms with Crippen molar-refractivity contribution < 1.29 is 49.0 Å². The van der Waals surface area contributed by atoms with Crippen molar-refractivity contribution in [1.82, 2.24) is 0 Å². The summed E-state index contributed by atoms with van der Waals surface area (Å²) < 4.78 is 1.51. The second-order valence-corrected chi connectivity index (χ2v) is 9.25. The van der Waals surface area contributed by atoms with Crippen molar-refractivity contribution in [2.75, 3.05) is 0 Å². The van der Waals surface area contributed by atoms with Gasteiger partial charge in [-0.15, -0.1) is 5.56 Å². The standard InChI is InChI=1S/C13H9.C8H11.C3H6.2ClH.Zr/c1-3-7-12-10(5-1)9-11-6-2-4-8-13(11)12;1-6-4-7(2)8(3)5-6;1-3-2;;;/h1-5,7-8H,9H2;4-5H,1-3H3;1-2H3;2*1H;/q2*-1;;;;+2/p-2. The molecule has 0 fully saturated rings. The van der Waals surface area contributed by atoms with Crippen molar-refractivity contribution in [1.29, 1.82) is 0 Å². The molecule has 0 saturated heterocycles. The maximum atomic E-state index is 3.30. The molecule has 3 heteroatoms. The quantitative estimate of drug-likeness (QED) is 0.317. The first-order valence-electron chi connectivity index (χ1n) is 8.68. The predicted molar refractivity (Wildman–Crippen MR) is 106 cm³/mol. The van der Waals surface area contributed by atoms with E-state index >= 15 is 0 Å². The summed E-state index contributed by atoms with van der Waals surface area (Å²) in [5.41, 5.74) is 9.70. The number of hydrogen-bond acceptors (Lipinski definition) is 0. The van der Waals surface area contributed by atoms with Crippen LogP contribution < -0.4 is 24.8 Å². The van der Waals surface area contributed by atoms with Crippen LogP contribution in [0.4, 0.5) is 0 Å². The van der Waals surface area contributed by atoms with Gasteiger partial charge in [-0.2, -0.15) is 52.6 Å². The van der Waals surface area contributed by atoms with Gasteiger partial charge in [-0.05, 0) is 6.42 Å². The smallest absolute Gasteiger partial charge is 0.0253 e. The van der Waals surface area contributed by atoms with Crippen molar-refractivity contribution in [2.24, 2.45) is 0 Å². The molecule has 0 aromatic heterocycles. The van der Waals surface area contributed by atoms with Gasteiger partial charge in [0.15, 0.2) is 0 Å². The fourth-order valence-electron chi connectivity index (χ4n) is 2.95. The van der Waals surface area contributed by atoms with Crippen LogP contribution in [0.15, 0.2) is 54.6 Å². The van der Waals surface area contributed by atoms with E-state index in [1.54, 1.807) is 24.2 Å². The number of hydrogen-bond donors (Lipinski definition) is 0. The van der Waals surface area contributed by atoms with Gasteiger partial charge in [0, 0.05) is 0 Å². The third-order valence-corrected chi connectivity index (χ3v) is 4.13. The zero-order valence-corrected chi connectivity index (χ0v) is 20.6. The second kappa shape index (κ2) is 12.6. The van der Waals surface area contributed by atoms with E-state index in [0.717, 1.165) is 6.42 Å². The van der Waals surface area contributed by atoms with Gasteiger partial charge in [0.2, 0.25) is 0 Å². The maximum absolute atomic E-state index is 3.30. The van der Waals surface area contributed by atoms with Gasteiger partial charge in [-0.3, -0.25) is 0 Å². The van der Waals surface area contributed by atoms with E-state index < -0.39 is 0 Å². The monoisotopic (exact) mass is 474 g/mol. The zero-order chi connectivity index (χ0) is 18.4. The maximum Gasteiger partial charge on any atom is -0.0253 e. The van der Waals surface area contributed by atoms with Crippen LogP contribution in [-0.4, -0.2) is 3.21 Å². The van der Waals surface area contributed by atoms with Gasteiger partial charge in [-0.25, -0.2) is 6.07 Å². The fourth-order valence-corrected chi connectivity index (χ4v) is 2.95. The Hall–Kier alpha value is -0.877. The van der Waals surface area contributed by atoms with E-state index in [2.05, 4.69) is 89.2 Å². The summed E-state index contributed by atoms with van der Waals surface area (Å²) in [6.07, 6.45) is 1.05. The van der Waals surface area contributed by atoms with Crippen molar-refractivity contribution in [3.05, 3.63) is 88.5 Å². The molecule has 0 spiro atoms. The minimum Gasteiger partial charge on any atom is -1.00 e. The molecule has 0 bridgehead atoms. The molecule has 3 aromatic carbocycles. The molecule has 3 aromatic rings. The SMILES string of the molecule is C[C](C)=[Zr+2].Cc1cc(C)c(C)[cH-]1.[Cl-].[Cl-].[c-]1cccc2c1Cc1ccccc1-2. The Balaban J connectivity index is 0.000000422. The van der Waals surface area contributed by atoms with Crippen LogP contribution in [-0.2, 0) is 30.7 Å². The molecular weight excluding hydrogens is 450 g/mol. The number of fused-ring (bicyclic) bond motifs is 3. The molecule has 0 amide bonds. The van der Waals surface area contributed by atoms with Crippen LogP contribution in [0, 0.1) is 26.8 Å². The average molecular weight is 477 g/mol. The molecule has 0 N–H and O–H groups in total. The summed E-state index contributed by atoms with van der Waals surface area (Å²) in [5.74, 6) is 0. The second-order valence-electron chi connectivity index (χ2n) is 6.79. The average Bonchev–Trinajstić information content (AvgIpc) is 3.06. The molecule has 1 aliphatic carbocycles. The summed E-state index contributed by atoms with van der Waals surface area (Å²) in [6.45, 7) is 10.7. The van der Waals surface area contributed by atoms with Gasteiger partial charge in [-0.1, -0.05) is 56.2 Å². The van der Waals surface area contributed by atoms with Crippen molar-refractivity contribution in [3.8, 4) is 11.1 Å². The van der Waals surface area contributed by atoms with Crippen molar-refractivity contribution in [2.45, 2.75) is 41.0 Å². The minimum atomic E-state index is 0. The molecule has 142 valence electrons. The Bertz CT molecular complexity index is 795. The van der Waals surface area contributed by atoms with Crippen LogP contribution >= 0.6 is 0 Å². The van der Waals surface area contributed by atoms with Gasteiger partial charge in [0.1, 0.15) is 0 Å². The third-order valence-electron chi connectivity index (χ3n) is 4.13. The molecule has 1 aliphatic rings. The fraction of sp³-hybridized carbons (Fsp3) is 0.250. The number of aryl methyl sites for hydroxylation is 3. The molecule has 0 heterocycles. The van der Waals surface area contributed by atoms with E-state index in [1.165, 1.54) is 42.2 Å². The van der Waals surface area contributed by atoms with Crippen LogP contribution in [0.25, 0.3) is 11.1 Å². The summed E-state index contributed by atoms with van der Waals surface area (Å²) in [6, 6.07) is 22.5. The molecule has 0 unspecified atom stereocenters. The van der Waals surface area contributed by atoms with Crippen molar-refractivity contribution in [3.63, 3.8) is 0 Å². The Morgan fingerprint density at radius 3 is 2.07 bits per heavy atom. The molecule has 0 nitrogen and oxygen atoms in total. The molecular formula is C24H26Cl2Zr-2. The van der Waals surface area contributed by atoms with Crippen LogP contribution in [0.2, 0.25) is 0 Å². The van der Waals surface area contributed by atoms with Crippen LogP contribution in [0.3, 0.4) is 0 Å². The van der Waals surface area contributed by atoms with E-state index in [9.17, 15) is 0 Å². The number of benzene rings is 2. The third kappa shape index (κ3) is 7.94. The largest absolute Gasteiger partial charge is 1.00 e. The summed E-state index contributed by atoms with van der Waals surface area (Å²) in [7, 11) is 0. The van der Waals surface area contributed by atoms with Crippen molar-refractivity contribution >= 4 is 3.21 Å². The van der Waals surface area contributed by atoms with E-state index in [1.807, 2.05) is 6.07 Å². The van der Waals surface area contributed by atoms with Crippen LogP contribution in [0.5, 0.6) is 0 Å². The summed E-state index contributed by atoms with van der Waals surface area (Å²) in [4.78, 5) is 0. The minimum absolute atomic E-state index is 0. The molecule has 4 rings (SSSR count). The predicted octanol–water partition coefficient (Wildman–Crippen LogP) is 0.142. The molecule has 0 aliphatic heterocycles. The summed E-state index contributed by atoms with van der Waals surface area (Å²) in [5, 5.41) is 0. The van der Waals surface area contributed by atoms with Gasteiger partial charge >= 0.3 is 41.3 Å². The zero-order valence-electron chi connectivity index (χ0n) is 16.7. The van der Waals surface area contributed by atoms with Gasteiger partial charge in [0.05, 0.1) is 0 Å². The Labute approximate surface area is 191 Å². The topological polar surface area (TPSA) is 0 Å². The first-order chi connectivity index (χ1) is 11.9. The first-order valence-corrected chi connectivity index (χ1v) is 9.91. The molecule has 27 heavy (non-hydrogen) atoms. The first kappa shape index (κ1) is 26.1. The van der Waals surface area contributed by atoms with Gasteiger partial charge < -0.3 is 24.8 Å². The van der Waals surface area contributed by atoms with E-state index in [-0.39, 0.29) is 24.8 Å². The van der Waals surface area contributed by atoms with Crippen LogP contribution in [0.1, 0.15) is 41.7 Å².